The molecule has 3 nitrogen and oxygen atoms in total. The van der Waals surface area contributed by atoms with Gasteiger partial charge in [-0.1, -0.05) is 50.0 Å². The highest BCUT2D eigenvalue weighted by Gasteiger charge is 2.50. The molecule has 0 amide bonds. The van der Waals surface area contributed by atoms with E-state index in [0.29, 0.717) is 36.5 Å². The molecule has 6 atom stereocenters. The van der Waals surface area contributed by atoms with Crippen molar-refractivity contribution in [3.63, 3.8) is 0 Å². The second-order valence-electron chi connectivity index (χ2n) is 11.3. The maximum absolute atomic E-state index is 10.0. The van der Waals surface area contributed by atoms with Gasteiger partial charge in [-0.05, 0) is 94.8 Å². The van der Waals surface area contributed by atoms with E-state index in [-0.39, 0.29) is 12.2 Å². The molecule has 0 spiro atoms. The molecule has 0 bridgehead atoms. The standard InChI is InChI=1S/C26H44O3/c1-18(7-5-13-25(2,3)29)23-11-12-24-20(8-6-14-26(23,24)4)10-9-19-15-21(27)17-22(28)16-19/h9-10,18,21-24,27-29H,5-8,11-17H2,1-4H3/t18-,21-,22-,23-,24-,26-/m1/s1. The minimum atomic E-state index is -0.545. The quantitative estimate of drug-likeness (QED) is 0.545. The average Bonchev–Trinajstić information content (AvgIpc) is 2.95. The molecular weight excluding hydrogens is 360 g/mol. The fraction of sp³-hybridized carbons (Fsp3) is 0.846. The van der Waals surface area contributed by atoms with E-state index in [1.807, 2.05) is 13.8 Å². The van der Waals surface area contributed by atoms with Crippen molar-refractivity contribution in [2.24, 2.45) is 23.2 Å². The molecule has 29 heavy (non-hydrogen) atoms. The number of hydrogen-bond acceptors (Lipinski definition) is 3. The normalized spacial score (nSPS) is 38.2. The van der Waals surface area contributed by atoms with Gasteiger partial charge in [0.25, 0.3) is 0 Å². The summed E-state index contributed by atoms with van der Waals surface area (Å²) in [5, 5.41) is 29.9. The summed E-state index contributed by atoms with van der Waals surface area (Å²) in [6, 6.07) is 0. The largest absolute Gasteiger partial charge is 0.393 e. The Morgan fingerprint density at radius 1 is 1.14 bits per heavy atom. The van der Waals surface area contributed by atoms with Crippen molar-refractivity contribution in [2.75, 3.05) is 0 Å². The van der Waals surface area contributed by atoms with Crippen LogP contribution in [0.3, 0.4) is 0 Å². The average molecular weight is 405 g/mol. The zero-order valence-electron chi connectivity index (χ0n) is 19.2. The molecule has 0 unspecified atom stereocenters. The third kappa shape index (κ3) is 5.74. The Hall–Kier alpha value is -0.640. The number of hydrogen-bond donors (Lipinski definition) is 3. The first-order valence-corrected chi connectivity index (χ1v) is 12.1. The molecule has 0 saturated heterocycles. The van der Waals surface area contributed by atoms with Gasteiger partial charge >= 0.3 is 0 Å². The van der Waals surface area contributed by atoms with Crippen LogP contribution in [0, 0.1) is 23.2 Å². The molecular formula is C26H44O3. The van der Waals surface area contributed by atoms with Crippen LogP contribution in [0.2, 0.25) is 0 Å². The molecule has 0 aromatic heterocycles. The van der Waals surface area contributed by atoms with E-state index >= 15 is 0 Å². The predicted octanol–water partition coefficient (Wildman–Crippen LogP) is 5.54. The molecule has 3 N–H and O–H groups in total. The van der Waals surface area contributed by atoms with Crippen molar-refractivity contribution in [3.8, 4) is 0 Å². The van der Waals surface area contributed by atoms with E-state index in [0.717, 1.165) is 18.8 Å². The van der Waals surface area contributed by atoms with Gasteiger partial charge < -0.3 is 15.3 Å². The lowest BCUT2D eigenvalue weighted by molar-refractivity contribution is 0.0591. The van der Waals surface area contributed by atoms with Gasteiger partial charge in [0.05, 0.1) is 17.8 Å². The summed E-state index contributed by atoms with van der Waals surface area (Å²) in [6.07, 6.45) is 15.4. The third-order valence-corrected chi connectivity index (χ3v) is 8.25. The summed E-state index contributed by atoms with van der Waals surface area (Å²) in [5.74, 6) is 2.19. The van der Waals surface area contributed by atoms with Crippen LogP contribution in [0.5, 0.6) is 0 Å². The maximum atomic E-state index is 10.0. The Kier molecular flexibility index (Phi) is 7.34. The molecule has 166 valence electrons. The Labute approximate surface area is 178 Å². The van der Waals surface area contributed by atoms with Crippen LogP contribution < -0.4 is 0 Å². The molecule has 0 aromatic carbocycles. The van der Waals surface area contributed by atoms with E-state index in [1.54, 1.807) is 5.57 Å². The molecule has 3 heteroatoms. The van der Waals surface area contributed by atoms with Crippen LogP contribution in [0.25, 0.3) is 0 Å². The van der Waals surface area contributed by atoms with Gasteiger partial charge in [-0.15, -0.1) is 0 Å². The van der Waals surface area contributed by atoms with Gasteiger partial charge in [0.1, 0.15) is 0 Å². The lowest BCUT2D eigenvalue weighted by atomic mass is 9.60. The summed E-state index contributed by atoms with van der Waals surface area (Å²) in [5.41, 5.74) is 2.66. The highest BCUT2D eigenvalue weighted by atomic mass is 16.3. The van der Waals surface area contributed by atoms with Gasteiger partial charge in [-0.25, -0.2) is 0 Å². The van der Waals surface area contributed by atoms with Gasteiger partial charge in [0, 0.05) is 0 Å². The molecule has 0 radical (unpaired) electrons. The lowest BCUT2D eigenvalue weighted by Crippen LogP contribution is -2.36. The highest BCUT2D eigenvalue weighted by molar-refractivity contribution is 5.26. The van der Waals surface area contributed by atoms with Gasteiger partial charge in [-0.3, -0.25) is 0 Å². The zero-order chi connectivity index (χ0) is 21.2. The fourth-order valence-electron chi connectivity index (χ4n) is 6.80. The Balaban J connectivity index is 1.66. The fourth-order valence-corrected chi connectivity index (χ4v) is 6.80. The number of fused-ring (bicyclic) bond motifs is 1. The van der Waals surface area contributed by atoms with Crippen molar-refractivity contribution in [2.45, 2.75) is 116 Å². The van der Waals surface area contributed by atoms with Crippen LogP contribution in [0.1, 0.15) is 98.3 Å². The summed E-state index contributed by atoms with van der Waals surface area (Å²) >= 11 is 0. The topological polar surface area (TPSA) is 60.7 Å². The molecule has 3 saturated carbocycles. The molecule has 0 aromatic rings. The lowest BCUT2D eigenvalue weighted by Gasteiger charge is -2.44. The van der Waals surface area contributed by atoms with Crippen molar-refractivity contribution in [1.29, 1.82) is 0 Å². The Morgan fingerprint density at radius 2 is 1.83 bits per heavy atom. The van der Waals surface area contributed by atoms with Gasteiger partial charge in [-0.2, -0.15) is 0 Å². The maximum Gasteiger partial charge on any atom is 0.0602 e. The second-order valence-corrected chi connectivity index (χ2v) is 11.3. The van der Waals surface area contributed by atoms with Gasteiger partial charge in [0.15, 0.2) is 0 Å². The Bertz CT molecular complexity index is 602. The predicted molar refractivity (Wildman–Crippen MR) is 120 cm³/mol. The molecule has 3 aliphatic rings. The first-order chi connectivity index (χ1) is 13.6. The number of rotatable bonds is 6. The summed E-state index contributed by atoms with van der Waals surface area (Å²) in [6.45, 7) is 8.81. The van der Waals surface area contributed by atoms with Crippen LogP contribution in [-0.4, -0.2) is 33.1 Å². The van der Waals surface area contributed by atoms with Crippen molar-refractivity contribution in [1.82, 2.24) is 0 Å². The van der Waals surface area contributed by atoms with Crippen LogP contribution in [0.4, 0.5) is 0 Å². The molecule has 0 heterocycles. The second kappa shape index (κ2) is 9.24. The SMILES string of the molecule is C[C@H](CCCC(C)(C)O)[C@H]1CC[C@@H]2C(=CC=C3C[C@@H](O)C[C@H](O)C3)CCC[C@@]21C. The number of aliphatic hydroxyl groups excluding tert-OH is 2. The third-order valence-electron chi connectivity index (χ3n) is 8.25. The van der Waals surface area contributed by atoms with E-state index in [2.05, 4.69) is 26.0 Å². The van der Waals surface area contributed by atoms with Crippen molar-refractivity contribution < 1.29 is 15.3 Å². The molecule has 0 aliphatic heterocycles. The van der Waals surface area contributed by atoms with Crippen LogP contribution in [-0.2, 0) is 0 Å². The summed E-state index contributed by atoms with van der Waals surface area (Å²) in [7, 11) is 0. The van der Waals surface area contributed by atoms with E-state index in [9.17, 15) is 15.3 Å². The van der Waals surface area contributed by atoms with E-state index in [1.165, 1.54) is 44.1 Å². The van der Waals surface area contributed by atoms with Crippen LogP contribution >= 0.6 is 0 Å². The molecule has 3 fully saturated rings. The molecule has 3 rings (SSSR count). The number of aliphatic hydroxyl groups is 3. The smallest absolute Gasteiger partial charge is 0.0602 e. The van der Waals surface area contributed by atoms with E-state index in [4.69, 9.17) is 0 Å². The van der Waals surface area contributed by atoms with Gasteiger partial charge in [0.2, 0.25) is 0 Å². The summed E-state index contributed by atoms with van der Waals surface area (Å²) in [4.78, 5) is 0. The van der Waals surface area contributed by atoms with Crippen LogP contribution in [0.15, 0.2) is 23.3 Å². The summed E-state index contributed by atoms with van der Waals surface area (Å²) < 4.78 is 0. The highest BCUT2D eigenvalue weighted by Crippen LogP contribution is 2.59. The minimum absolute atomic E-state index is 0.388. The first kappa shape index (κ1) is 23.0. The monoisotopic (exact) mass is 404 g/mol. The van der Waals surface area contributed by atoms with Crippen molar-refractivity contribution >= 4 is 0 Å². The molecule has 3 aliphatic carbocycles. The van der Waals surface area contributed by atoms with Crippen molar-refractivity contribution in [3.05, 3.63) is 23.3 Å². The number of allylic oxidation sites excluding steroid dienone is 3. The zero-order valence-corrected chi connectivity index (χ0v) is 19.2. The first-order valence-electron chi connectivity index (χ1n) is 12.1. The van der Waals surface area contributed by atoms with E-state index < -0.39 is 5.60 Å². The minimum Gasteiger partial charge on any atom is -0.393 e. The Morgan fingerprint density at radius 3 is 2.48 bits per heavy atom.